The summed E-state index contributed by atoms with van der Waals surface area (Å²) in [7, 11) is -2.87. The highest BCUT2D eigenvalue weighted by molar-refractivity contribution is 14.1. The van der Waals surface area contributed by atoms with Crippen molar-refractivity contribution in [2.24, 2.45) is 5.92 Å². The van der Waals surface area contributed by atoms with E-state index in [1.54, 1.807) is 0 Å². The fourth-order valence-electron chi connectivity index (χ4n) is 1.50. The highest BCUT2D eigenvalue weighted by Crippen LogP contribution is 2.22. The van der Waals surface area contributed by atoms with Gasteiger partial charge in [-0.1, -0.05) is 36.4 Å². The quantitative estimate of drug-likeness (QED) is 0.406. The van der Waals surface area contributed by atoms with Gasteiger partial charge in [-0.2, -0.15) is 0 Å². The third kappa shape index (κ3) is 5.29. The summed E-state index contributed by atoms with van der Waals surface area (Å²) in [6.45, 7) is 5.92. The molecule has 16 heavy (non-hydrogen) atoms. The molecule has 1 aliphatic heterocycles. The minimum atomic E-state index is -2.87. The molecule has 0 aromatic heterocycles. The van der Waals surface area contributed by atoms with Gasteiger partial charge in [-0.05, 0) is 5.92 Å². The highest BCUT2D eigenvalue weighted by Gasteiger charge is 2.36. The monoisotopic (exact) mass is 362 g/mol. The molecule has 2 unspecified atom stereocenters. The Labute approximate surface area is 111 Å². The molecular formula is C10H19IO4S. The van der Waals surface area contributed by atoms with Gasteiger partial charge < -0.3 is 9.47 Å². The van der Waals surface area contributed by atoms with Crippen LogP contribution in [0.5, 0.6) is 0 Å². The second-order valence-corrected chi connectivity index (χ2v) is 8.22. The topological polar surface area (TPSA) is 52.6 Å². The molecule has 1 fully saturated rings. The van der Waals surface area contributed by atoms with Gasteiger partial charge in [-0.3, -0.25) is 0 Å². The molecule has 1 saturated heterocycles. The summed E-state index contributed by atoms with van der Waals surface area (Å²) >= 11 is 2.15. The standard InChI is InChI=1S/C10H19IO4S/c1-8(2)5-14-3-4-15-10-7-16(12,13)6-9(10)11/h8-10H,3-7H2,1-2H3. The number of rotatable bonds is 6. The molecule has 0 radical (unpaired) electrons. The summed E-state index contributed by atoms with van der Waals surface area (Å²) in [5.41, 5.74) is 0. The lowest BCUT2D eigenvalue weighted by Gasteiger charge is -2.14. The molecule has 96 valence electrons. The van der Waals surface area contributed by atoms with E-state index >= 15 is 0 Å². The van der Waals surface area contributed by atoms with E-state index in [0.717, 1.165) is 6.61 Å². The Hall–Kier alpha value is 0.600. The molecule has 1 rings (SSSR count). The molecular weight excluding hydrogens is 343 g/mol. The molecule has 1 heterocycles. The zero-order valence-electron chi connectivity index (χ0n) is 9.69. The third-order valence-electron chi connectivity index (χ3n) is 2.25. The van der Waals surface area contributed by atoms with Crippen LogP contribution in [0.15, 0.2) is 0 Å². The second-order valence-electron chi connectivity index (χ2n) is 4.47. The van der Waals surface area contributed by atoms with E-state index in [9.17, 15) is 8.42 Å². The maximum absolute atomic E-state index is 11.3. The first-order valence-corrected chi connectivity index (χ1v) is 8.51. The van der Waals surface area contributed by atoms with Crippen molar-refractivity contribution in [1.29, 1.82) is 0 Å². The first-order valence-electron chi connectivity index (χ1n) is 5.44. The fourth-order valence-corrected chi connectivity index (χ4v) is 5.62. The van der Waals surface area contributed by atoms with Crippen LogP contribution in [0.3, 0.4) is 0 Å². The predicted octanol–water partition coefficient (Wildman–Crippen LogP) is 1.28. The summed E-state index contributed by atoms with van der Waals surface area (Å²) < 4.78 is 33.6. The first-order chi connectivity index (χ1) is 7.41. The van der Waals surface area contributed by atoms with Gasteiger partial charge in [0.15, 0.2) is 9.84 Å². The van der Waals surface area contributed by atoms with Crippen molar-refractivity contribution < 1.29 is 17.9 Å². The van der Waals surface area contributed by atoms with Crippen molar-refractivity contribution >= 4 is 32.4 Å². The summed E-state index contributed by atoms with van der Waals surface area (Å²) in [6.07, 6.45) is -0.159. The molecule has 0 aliphatic carbocycles. The lowest BCUT2D eigenvalue weighted by Crippen LogP contribution is -2.24. The van der Waals surface area contributed by atoms with Crippen molar-refractivity contribution in [2.45, 2.75) is 23.9 Å². The lowest BCUT2D eigenvalue weighted by atomic mass is 10.2. The average Bonchev–Trinajstić information content (AvgIpc) is 2.38. The van der Waals surface area contributed by atoms with E-state index in [-0.39, 0.29) is 21.5 Å². The molecule has 2 atom stereocenters. The van der Waals surface area contributed by atoms with Gasteiger partial charge in [0.05, 0.1) is 34.7 Å². The maximum Gasteiger partial charge on any atom is 0.154 e. The van der Waals surface area contributed by atoms with Crippen LogP contribution in [0.1, 0.15) is 13.8 Å². The summed E-state index contributed by atoms with van der Waals surface area (Å²) in [5.74, 6) is 0.916. The molecule has 0 bridgehead atoms. The van der Waals surface area contributed by atoms with Crippen LogP contribution in [0.2, 0.25) is 0 Å². The summed E-state index contributed by atoms with van der Waals surface area (Å²) in [5, 5.41) is 0. The van der Waals surface area contributed by atoms with Gasteiger partial charge in [0.1, 0.15) is 0 Å². The minimum Gasteiger partial charge on any atom is -0.379 e. The van der Waals surface area contributed by atoms with Gasteiger partial charge in [0.2, 0.25) is 0 Å². The van der Waals surface area contributed by atoms with E-state index in [1.807, 2.05) is 0 Å². The van der Waals surface area contributed by atoms with Crippen LogP contribution < -0.4 is 0 Å². The van der Waals surface area contributed by atoms with Gasteiger partial charge in [-0.25, -0.2) is 8.42 Å². The van der Waals surface area contributed by atoms with Crippen LogP contribution in [-0.2, 0) is 19.3 Å². The molecule has 0 aromatic carbocycles. The molecule has 1 aliphatic rings. The van der Waals surface area contributed by atoms with Crippen molar-refractivity contribution in [1.82, 2.24) is 0 Å². The Morgan fingerprint density at radius 3 is 2.50 bits per heavy atom. The zero-order valence-corrected chi connectivity index (χ0v) is 12.7. The largest absolute Gasteiger partial charge is 0.379 e. The maximum atomic E-state index is 11.3. The first kappa shape index (κ1) is 14.7. The number of hydrogen-bond donors (Lipinski definition) is 0. The van der Waals surface area contributed by atoms with E-state index in [4.69, 9.17) is 9.47 Å². The molecule has 0 saturated carbocycles. The Kier molecular flexibility index (Phi) is 5.97. The van der Waals surface area contributed by atoms with E-state index in [1.165, 1.54) is 0 Å². The van der Waals surface area contributed by atoms with E-state index in [0.29, 0.717) is 19.1 Å². The van der Waals surface area contributed by atoms with Crippen LogP contribution in [-0.4, -0.2) is 49.8 Å². The fraction of sp³-hybridized carbons (Fsp3) is 1.00. The van der Waals surface area contributed by atoms with Gasteiger partial charge in [-0.15, -0.1) is 0 Å². The van der Waals surface area contributed by atoms with Crippen LogP contribution in [0.4, 0.5) is 0 Å². The molecule has 6 heteroatoms. The molecule has 0 spiro atoms. The zero-order chi connectivity index (χ0) is 12.2. The molecule has 0 N–H and O–H groups in total. The van der Waals surface area contributed by atoms with Gasteiger partial charge in [0.25, 0.3) is 0 Å². The van der Waals surface area contributed by atoms with Crippen LogP contribution in [0, 0.1) is 5.92 Å². The lowest BCUT2D eigenvalue weighted by molar-refractivity contribution is 0.0121. The second kappa shape index (κ2) is 6.51. The van der Waals surface area contributed by atoms with Crippen molar-refractivity contribution in [2.75, 3.05) is 31.3 Å². The summed E-state index contributed by atoms with van der Waals surface area (Å²) in [4.78, 5) is 0. The molecule has 0 amide bonds. The Balaban J connectivity index is 2.14. The van der Waals surface area contributed by atoms with Crippen LogP contribution >= 0.6 is 22.6 Å². The minimum absolute atomic E-state index is 0.0766. The normalized spacial score (nSPS) is 28.8. The van der Waals surface area contributed by atoms with Gasteiger partial charge in [0, 0.05) is 6.61 Å². The van der Waals surface area contributed by atoms with Crippen molar-refractivity contribution in [3.8, 4) is 0 Å². The van der Waals surface area contributed by atoms with Gasteiger partial charge >= 0.3 is 0 Å². The Morgan fingerprint density at radius 1 is 1.31 bits per heavy atom. The summed E-state index contributed by atoms with van der Waals surface area (Å²) in [6, 6.07) is 0. The van der Waals surface area contributed by atoms with E-state index < -0.39 is 9.84 Å². The number of hydrogen-bond acceptors (Lipinski definition) is 4. The Morgan fingerprint density at radius 2 is 2.00 bits per heavy atom. The number of ether oxygens (including phenoxy) is 2. The molecule has 4 nitrogen and oxygen atoms in total. The third-order valence-corrected chi connectivity index (χ3v) is 5.79. The number of halogens is 1. The average molecular weight is 362 g/mol. The SMILES string of the molecule is CC(C)COCCOC1CS(=O)(=O)CC1I. The smallest absolute Gasteiger partial charge is 0.154 e. The Bertz CT molecular complexity index is 302. The highest BCUT2D eigenvalue weighted by atomic mass is 127. The molecule has 0 aromatic rings. The number of sulfone groups is 1. The van der Waals surface area contributed by atoms with Crippen LogP contribution in [0.25, 0.3) is 0 Å². The van der Waals surface area contributed by atoms with Crippen molar-refractivity contribution in [3.05, 3.63) is 0 Å². The van der Waals surface area contributed by atoms with Crippen molar-refractivity contribution in [3.63, 3.8) is 0 Å². The predicted molar refractivity (Wildman–Crippen MR) is 71.9 cm³/mol. The van der Waals surface area contributed by atoms with E-state index in [2.05, 4.69) is 36.4 Å². The number of alkyl halides is 1.